The van der Waals surface area contributed by atoms with Crippen LogP contribution in [0.4, 0.5) is 8.78 Å². The molecule has 0 aliphatic heterocycles. The van der Waals surface area contributed by atoms with Crippen LogP contribution >= 0.6 is 0 Å². The quantitative estimate of drug-likeness (QED) is 0.621. The molecule has 2 saturated carbocycles. The summed E-state index contributed by atoms with van der Waals surface area (Å²) in [4.78, 5) is 0. The Morgan fingerprint density at radius 2 is 2.09 bits per heavy atom. The molecule has 0 aromatic rings. The van der Waals surface area contributed by atoms with Crippen molar-refractivity contribution in [1.82, 2.24) is 0 Å². The molecule has 3 unspecified atom stereocenters. The van der Waals surface area contributed by atoms with E-state index in [-0.39, 0.29) is 12.5 Å². The lowest BCUT2D eigenvalue weighted by atomic mass is 9.89. The summed E-state index contributed by atoms with van der Waals surface area (Å²) < 4.78 is 26.2. The van der Waals surface area contributed by atoms with Gasteiger partial charge in [-0.15, -0.1) is 0 Å². The summed E-state index contributed by atoms with van der Waals surface area (Å²) in [7, 11) is 0. The minimum atomic E-state index is -2.46. The highest BCUT2D eigenvalue weighted by Crippen LogP contribution is 2.57. The molecule has 11 heavy (non-hydrogen) atoms. The second-order valence-corrected chi connectivity index (χ2v) is 3.73. The Bertz CT molecular complexity index is 169. The predicted octanol–water partition coefficient (Wildman–Crippen LogP) is 1.66. The molecule has 3 atom stereocenters. The fourth-order valence-electron chi connectivity index (χ4n) is 2.62. The highest BCUT2D eigenvalue weighted by Gasteiger charge is 2.60. The van der Waals surface area contributed by atoms with Gasteiger partial charge in [0.2, 0.25) is 0 Å². The lowest BCUT2D eigenvalue weighted by Gasteiger charge is -2.18. The number of hydrogen-bond donors (Lipinski definition) is 1. The van der Waals surface area contributed by atoms with Crippen LogP contribution in [0, 0.1) is 17.8 Å². The van der Waals surface area contributed by atoms with Gasteiger partial charge >= 0.3 is 0 Å². The second-order valence-electron chi connectivity index (χ2n) is 3.73. The van der Waals surface area contributed by atoms with E-state index in [0.29, 0.717) is 19.3 Å². The topological polar surface area (TPSA) is 20.2 Å². The fourth-order valence-corrected chi connectivity index (χ4v) is 2.62. The molecule has 0 aromatic heterocycles. The van der Waals surface area contributed by atoms with Gasteiger partial charge in [-0.05, 0) is 25.2 Å². The van der Waals surface area contributed by atoms with E-state index in [9.17, 15) is 8.78 Å². The Balaban J connectivity index is 2.19. The molecule has 2 aliphatic carbocycles. The van der Waals surface area contributed by atoms with Gasteiger partial charge in [-0.2, -0.15) is 0 Å². The maximum atomic E-state index is 13.1. The Labute approximate surface area is 64.4 Å². The number of halogens is 2. The molecule has 0 spiro atoms. The Hall–Kier alpha value is -0.180. The van der Waals surface area contributed by atoms with Gasteiger partial charge in [0, 0.05) is 18.4 Å². The molecule has 2 fully saturated rings. The number of alkyl halides is 2. The van der Waals surface area contributed by atoms with E-state index in [1.807, 2.05) is 0 Å². The summed E-state index contributed by atoms with van der Waals surface area (Å²) in [6.45, 7) is -0.0588. The molecular weight excluding hydrogens is 150 g/mol. The Morgan fingerprint density at radius 1 is 1.36 bits per heavy atom. The molecule has 2 aliphatic rings. The normalized spacial score (nSPS) is 46.6. The summed E-state index contributed by atoms with van der Waals surface area (Å²) in [5.41, 5.74) is 0. The van der Waals surface area contributed by atoms with E-state index in [0.717, 1.165) is 0 Å². The van der Waals surface area contributed by atoms with Crippen molar-refractivity contribution in [2.24, 2.45) is 17.8 Å². The van der Waals surface area contributed by atoms with Crippen LogP contribution in [-0.2, 0) is 0 Å². The third kappa shape index (κ3) is 0.835. The van der Waals surface area contributed by atoms with Crippen molar-refractivity contribution in [3.8, 4) is 0 Å². The van der Waals surface area contributed by atoms with Crippen LogP contribution < -0.4 is 0 Å². The predicted molar refractivity (Wildman–Crippen MR) is 36.4 cm³/mol. The fraction of sp³-hybridized carbons (Fsp3) is 1.00. The lowest BCUT2D eigenvalue weighted by Crippen LogP contribution is -2.24. The smallest absolute Gasteiger partial charge is 0.254 e. The molecule has 0 saturated heterocycles. The van der Waals surface area contributed by atoms with Gasteiger partial charge in [0.05, 0.1) is 0 Å². The first-order chi connectivity index (χ1) is 5.16. The molecule has 3 heteroatoms. The zero-order valence-electron chi connectivity index (χ0n) is 6.26. The van der Waals surface area contributed by atoms with E-state index in [4.69, 9.17) is 5.11 Å². The van der Waals surface area contributed by atoms with Crippen LogP contribution in [0.5, 0.6) is 0 Å². The first-order valence-electron chi connectivity index (χ1n) is 4.15. The standard InChI is InChI=1S/C8H12F2O/c9-8(10)6-1-2-7(8)5(3-6)4-11/h5-7,11H,1-4H2. The second kappa shape index (κ2) is 2.16. The minimum absolute atomic E-state index is 0.0588. The largest absolute Gasteiger partial charge is 0.396 e. The number of rotatable bonds is 1. The number of aliphatic hydroxyl groups is 1. The van der Waals surface area contributed by atoms with Gasteiger partial charge in [0.15, 0.2) is 0 Å². The van der Waals surface area contributed by atoms with Gasteiger partial charge in [0.1, 0.15) is 0 Å². The molecule has 1 nitrogen and oxygen atoms in total. The summed E-state index contributed by atoms with van der Waals surface area (Å²) in [6, 6.07) is 0. The minimum Gasteiger partial charge on any atom is -0.396 e. The van der Waals surface area contributed by atoms with Gasteiger partial charge in [-0.25, -0.2) is 8.78 Å². The monoisotopic (exact) mass is 162 g/mol. The van der Waals surface area contributed by atoms with Crippen molar-refractivity contribution < 1.29 is 13.9 Å². The molecular formula is C8H12F2O. The zero-order chi connectivity index (χ0) is 8.06. The van der Waals surface area contributed by atoms with Gasteiger partial charge in [-0.3, -0.25) is 0 Å². The van der Waals surface area contributed by atoms with Crippen molar-refractivity contribution in [2.45, 2.75) is 25.2 Å². The lowest BCUT2D eigenvalue weighted by molar-refractivity contribution is -0.0529. The molecule has 0 amide bonds. The molecule has 1 N–H and O–H groups in total. The van der Waals surface area contributed by atoms with E-state index >= 15 is 0 Å². The molecule has 0 heterocycles. The molecule has 0 aromatic carbocycles. The highest BCUT2D eigenvalue weighted by molar-refractivity contribution is 5.02. The van der Waals surface area contributed by atoms with Crippen LogP contribution in [0.25, 0.3) is 0 Å². The van der Waals surface area contributed by atoms with Crippen LogP contribution in [0.2, 0.25) is 0 Å². The van der Waals surface area contributed by atoms with Crippen molar-refractivity contribution in [2.75, 3.05) is 6.61 Å². The number of aliphatic hydroxyl groups excluding tert-OH is 1. The van der Waals surface area contributed by atoms with E-state index < -0.39 is 17.8 Å². The summed E-state index contributed by atoms with van der Waals surface area (Å²) >= 11 is 0. The van der Waals surface area contributed by atoms with Crippen LogP contribution in [0.3, 0.4) is 0 Å². The SMILES string of the molecule is OCC1CC2CCC1C2(F)F. The van der Waals surface area contributed by atoms with Crippen molar-refractivity contribution in [3.63, 3.8) is 0 Å². The zero-order valence-corrected chi connectivity index (χ0v) is 6.26. The van der Waals surface area contributed by atoms with Crippen molar-refractivity contribution >= 4 is 0 Å². The Morgan fingerprint density at radius 3 is 2.36 bits per heavy atom. The van der Waals surface area contributed by atoms with Gasteiger partial charge in [-0.1, -0.05) is 0 Å². The maximum Gasteiger partial charge on any atom is 0.254 e. The van der Waals surface area contributed by atoms with Crippen LogP contribution in [0.1, 0.15) is 19.3 Å². The maximum absolute atomic E-state index is 13.1. The number of fused-ring (bicyclic) bond motifs is 2. The molecule has 0 radical (unpaired) electrons. The highest BCUT2D eigenvalue weighted by atomic mass is 19.3. The molecule has 64 valence electrons. The average Bonchev–Trinajstić information content (AvgIpc) is 2.40. The molecule has 2 rings (SSSR count). The van der Waals surface area contributed by atoms with Crippen LogP contribution in [-0.4, -0.2) is 17.6 Å². The van der Waals surface area contributed by atoms with E-state index in [1.165, 1.54) is 0 Å². The van der Waals surface area contributed by atoms with Crippen molar-refractivity contribution in [1.29, 1.82) is 0 Å². The van der Waals surface area contributed by atoms with Gasteiger partial charge < -0.3 is 5.11 Å². The third-order valence-electron chi connectivity index (χ3n) is 3.26. The summed E-state index contributed by atoms with van der Waals surface area (Å²) in [6.07, 6.45) is 1.81. The van der Waals surface area contributed by atoms with Crippen molar-refractivity contribution in [3.05, 3.63) is 0 Å². The molecule has 2 bridgehead atoms. The average molecular weight is 162 g/mol. The third-order valence-corrected chi connectivity index (χ3v) is 3.26. The van der Waals surface area contributed by atoms with E-state index in [2.05, 4.69) is 0 Å². The first-order valence-corrected chi connectivity index (χ1v) is 4.15. The Kier molecular flexibility index (Phi) is 1.46. The summed E-state index contributed by atoms with van der Waals surface area (Å²) in [5.74, 6) is -3.53. The van der Waals surface area contributed by atoms with Crippen LogP contribution in [0.15, 0.2) is 0 Å². The summed E-state index contributed by atoms with van der Waals surface area (Å²) in [5, 5.41) is 8.79. The van der Waals surface area contributed by atoms with E-state index in [1.54, 1.807) is 0 Å². The first kappa shape index (κ1) is 7.47. The van der Waals surface area contributed by atoms with Gasteiger partial charge in [0.25, 0.3) is 5.92 Å². The number of hydrogen-bond acceptors (Lipinski definition) is 1.